The summed E-state index contributed by atoms with van der Waals surface area (Å²) in [4.78, 5) is 21.3. The Balaban J connectivity index is 2.00. The molecule has 0 radical (unpaired) electrons. The second kappa shape index (κ2) is 5.87. The van der Waals surface area contributed by atoms with E-state index >= 15 is 0 Å². The largest absolute Gasteiger partial charge is 0.464 e. The van der Waals surface area contributed by atoms with Gasteiger partial charge in [-0.15, -0.1) is 0 Å². The number of aromatic nitrogens is 2. The molecule has 1 saturated carbocycles. The molecule has 0 saturated heterocycles. The summed E-state index contributed by atoms with van der Waals surface area (Å²) in [5.41, 5.74) is 2.43. The number of rotatable bonds is 2. The molecule has 1 aromatic rings. The zero-order chi connectivity index (χ0) is 13.9. The number of carbonyl (C=O) groups excluding carboxylic acids is 1. The highest BCUT2D eigenvalue weighted by Gasteiger charge is 2.26. The molecule has 0 bridgehead atoms. The average molecular weight is 275 g/mol. The number of nitrogens with one attached hydrogen (secondary N) is 1. The molecule has 1 N–H and O–H groups in total. The van der Waals surface area contributed by atoms with Crippen LogP contribution < -0.4 is 5.32 Å². The third kappa shape index (κ3) is 2.54. The first-order chi connectivity index (χ1) is 9.79. The number of hydrogen-bond acceptors (Lipinski definition) is 5. The fourth-order valence-corrected chi connectivity index (χ4v) is 3.19. The topological polar surface area (TPSA) is 64.1 Å². The first-order valence-corrected chi connectivity index (χ1v) is 7.48. The Labute approximate surface area is 119 Å². The van der Waals surface area contributed by atoms with Crippen molar-refractivity contribution in [1.29, 1.82) is 0 Å². The second-order valence-electron chi connectivity index (χ2n) is 5.61. The number of carbonyl (C=O) groups is 1. The van der Waals surface area contributed by atoms with Crippen LogP contribution in [0.15, 0.2) is 0 Å². The molecule has 2 heterocycles. The van der Waals surface area contributed by atoms with Gasteiger partial charge in [-0.05, 0) is 25.8 Å². The summed E-state index contributed by atoms with van der Waals surface area (Å²) in [6, 6.07) is 0. The summed E-state index contributed by atoms with van der Waals surface area (Å²) in [6.45, 7) is 1.59. The number of ether oxygens (including phenoxy) is 1. The van der Waals surface area contributed by atoms with Crippen LogP contribution >= 0.6 is 0 Å². The Kier molecular flexibility index (Phi) is 3.96. The first kappa shape index (κ1) is 13.5. The maximum Gasteiger partial charge on any atom is 0.357 e. The summed E-state index contributed by atoms with van der Waals surface area (Å²) in [5.74, 6) is 0.912. The number of fused-ring (bicyclic) bond motifs is 1. The molecule has 108 valence electrons. The van der Waals surface area contributed by atoms with Crippen molar-refractivity contribution >= 4 is 5.97 Å². The number of esters is 1. The summed E-state index contributed by atoms with van der Waals surface area (Å²) in [5, 5.41) is 3.31. The minimum atomic E-state index is -0.331. The fraction of sp³-hybridized carbons (Fsp3) is 0.667. The van der Waals surface area contributed by atoms with Gasteiger partial charge in [0, 0.05) is 18.0 Å². The van der Waals surface area contributed by atoms with Crippen LogP contribution in [0, 0.1) is 0 Å². The minimum Gasteiger partial charge on any atom is -0.464 e. The van der Waals surface area contributed by atoms with E-state index in [9.17, 15) is 4.79 Å². The number of hydrogen-bond donors (Lipinski definition) is 1. The molecule has 0 aromatic carbocycles. The lowest BCUT2D eigenvalue weighted by atomic mass is 9.88. The van der Waals surface area contributed by atoms with Crippen molar-refractivity contribution in [1.82, 2.24) is 15.3 Å². The first-order valence-electron chi connectivity index (χ1n) is 7.48. The molecule has 20 heavy (non-hydrogen) atoms. The molecular formula is C15H21N3O2. The monoisotopic (exact) mass is 275 g/mol. The van der Waals surface area contributed by atoms with Gasteiger partial charge >= 0.3 is 5.97 Å². The van der Waals surface area contributed by atoms with Crippen molar-refractivity contribution < 1.29 is 9.53 Å². The van der Waals surface area contributed by atoms with Crippen molar-refractivity contribution in [2.75, 3.05) is 13.7 Å². The molecule has 0 spiro atoms. The minimum absolute atomic E-state index is 0.331. The van der Waals surface area contributed by atoms with Crippen LogP contribution in [-0.2, 0) is 17.7 Å². The smallest absolute Gasteiger partial charge is 0.357 e. The van der Waals surface area contributed by atoms with E-state index in [1.165, 1.54) is 26.4 Å². The predicted molar refractivity (Wildman–Crippen MR) is 74.6 cm³/mol. The van der Waals surface area contributed by atoms with Crippen LogP contribution in [0.3, 0.4) is 0 Å². The number of methoxy groups -OCH3 is 1. The lowest BCUT2D eigenvalue weighted by Crippen LogP contribution is -2.29. The zero-order valence-electron chi connectivity index (χ0n) is 11.9. The van der Waals surface area contributed by atoms with Gasteiger partial charge in [0.15, 0.2) is 5.69 Å². The van der Waals surface area contributed by atoms with E-state index in [0.717, 1.165) is 49.4 Å². The molecule has 1 aliphatic carbocycles. The van der Waals surface area contributed by atoms with Gasteiger partial charge < -0.3 is 10.1 Å². The Hall–Kier alpha value is -1.49. The maximum atomic E-state index is 12.0. The van der Waals surface area contributed by atoms with Crippen molar-refractivity contribution in [3.8, 4) is 0 Å². The maximum absolute atomic E-state index is 12.0. The third-order valence-electron chi connectivity index (χ3n) is 4.30. The van der Waals surface area contributed by atoms with Crippen molar-refractivity contribution in [2.45, 2.75) is 51.0 Å². The summed E-state index contributed by atoms with van der Waals surface area (Å²) >= 11 is 0. The quantitative estimate of drug-likeness (QED) is 0.836. The van der Waals surface area contributed by atoms with Crippen LogP contribution in [0.4, 0.5) is 0 Å². The van der Waals surface area contributed by atoms with E-state index in [0.29, 0.717) is 11.6 Å². The molecule has 0 unspecified atom stereocenters. The molecule has 5 heteroatoms. The van der Waals surface area contributed by atoms with E-state index in [4.69, 9.17) is 9.72 Å². The van der Waals surface area contributed by atoms with E-state index in [-0.39, 0.29) is 5.97 Å². The molecule has 0 amide bonds. The standard InChI is InChI=1S/C15H21N3O2/c1-20-15(19)13-11-7-8-16-9-12(11)17-14(18-13)10-5-3-2-4-6-10/h10,16H,2-9H2,1H3. The van der Waals surface area contributed by atoms with Crippen LogP contribution in [0.2, 0.25) is 0 Å². The lowest BCUT2D eigenvalue weighted by Gasteiger charge is -2.24. The molecule has 3 rings (SSSR count). The van der Waals surface area contributed by atoms with Crippen molar-refractivity contribution in [3.05, 3.63) is 22.8 Å². The van der Waals surface area contributed by atoms with Gasteiger partial charge in [0.05, 0.1) is 12.8 Å². The van der Waals surface area contributed by atoms with Crippen LogP contribution in [0.5, 0.6) is 0 Å². The highest BCUT2D eigenvalue weighted by Crippen LogP contribution is 2.31. The van der Waals surface area contributed by atoms with E-state index in [1.54, 1.807) is 0 Å². The van der Waals surface area contributed by atoms with Gasteiger partial charge in [-0.1, -0.05) is 19.3 Å². The van der Waals surface area contributed by atoms with Crippen LogP contribution in [-0.4, -0.2) is 29.6 Å². The van der Waals surface area contributed by atoms with Gasteiger partial charge in [0.2, 0.25) is 0 Å². The van der Waals surface area contributed by atoms with E-state index in [1.807, 2.05) is 0 Å². The molecule has 1 aromatic heterocycles. The van der Waals surface area contributed by atoms with Crippen LogP contribution in [0.25, 0.3) is 0 Å². The Morgan fingerprint density at radius 1 is 1.25 bits per heavy atom. The molecular weight excluding hydrogens is 254 g/mol. The third-order valence-corrected chi connectivity index (χ3v) is 4.30. The SMILES string of the molecule is COC(=O)c1nc(C2CCCCC2)nc2c1CCNC2. The average Bonchev–Trinajstić information content (AvgIpc) is 2.54. The Morgan fingerprint density at radius 2 is 2.05 bits per heavy atom. The van der Waals surface area contributed by atoms with Crippen molar-refractivity contribution in [3.63, 3.8) is 0 Å². The molecule has 1 aliphatic heterocycles. The Morgan fingerprint density at radius 3 is 2.80 bits per heavy atom. The second-order valence-corrected chi connectivity index (χ2v) is 5.61. The predicted octanol–water partition coefficient (Wildman–Crippen LogP) is 1.96. The molecule has 1 fully saturated rings. The van der Waals surface area contributed by atoms with Gasteiger partial charge in [-0.25, -0.2) is 14.8 Å². The lowest BCUT2D eigenvalue weighted by molar-refractivity contribution is 0.0591. The summed E-state index contributed by atoms with van der Waals surface area (Å²) in [6.07, 6.45) is 6.82. The van der Waals surface area contributed by atoms with E-state index < -0.39 is 0 Å². The zero-order valence-corrected chi connectivity index (χ0v) is 11.9. The van der Waals surface area contributed by atoms with Crippen LogP contribution in [0.1, 0.15) is 65.6 Å². The van der Waals surface area contributed by atoms with Gasteiger partial charge in [0.1, 0.15) is 5.82 Å². The van der Waals surface area contributed by atoms with Crippen molar-refractivity contribution in [2.24, 2.45) is 0 Å². The normalized spacial score (nSPS) is 19.4. The van der Waals surface area contributed by atoms with E-state index in [2.05, 4.69) is 10.3 Å². The Bertz CT molecular complexity index is 510. The summed E-state index contributed by atoms with van der Waals surface area (Å²) in [7, 11) is 1.41. The fourth-order valence-electron chi connectivity index (χ4n) is 3.19. The highest BCUT2D eigenvalue weighted by molar-refractivity contribution is 5.89. The highest BCUT2D eigenvalue weighted by atomic mass is 16.5. The van der Waals surface area contributed by atoms with Gasteiger partial charge in [0.25, 0.3) is 0 Å². The molecule has 0 atom stereocenters. The van der Waals surface area contributed by atoms with Gasteiger partial charge in [-0.2, -0.15) is 0 Å². The summed E-state index contributed by atoms with van der Waals surface area (Å²) < 4.78 is 4.90. The molecule has 2 aliphatic rings. The number of nitrogens with zero attached hydrogens (tertiary/aromatic N) is 2. The van der Waals surface area contributed by atoms with Gasteiger partial charge in [-0.3, -0.25) is 0 Å². The molecule has 5 nitrogen and oxygen atoms in total.